The zero-order valence-corrected chi connectivity index (χ0v) is 27.6. The molecule has 1 unspecified atom stereocenters. The first-order chi connectivity index (χ1) is 23.1. The fourth-order valence-electron chi connectivity index (χ4n) is 6.69. The molecule has 48 heavy (non-hydrogen) atoms. The quantitative estimate of drug-likeness (QED) is 0.286. The van der Waals surface area contributed by atoms with Crippen LogP contribution in [0.4, 0.5) is 4.79 Å². The second-order valence-corrected chi connectivity index (χ2v) is 14.5. The number of carbonyl (C=O) groups excluding carboxylic acids is 2. The molecular weight excluding hydrogens is 630 g/mol. The van der Waals surface area contributed by atoms with Gasteiger partial charge in [-0.25, -0.2) is 18.2 Å². The van der Waals surface area contributed by atoms with Crippen molar-refractivity contribution < 1.29 is 27.9 Å². The van der Waals surface area contributed by atoms with E-state index < -0.39 is 28.0 Å². The average molecular weight is 670 g/mol. The van der Waals surface area contributed by atoms with Crippen LogP contribution < -0.4 is 0 Å². The van der Waals surface area contributed by atoms with E-state index in [1.165, 1.54) is 11.2 Å². The smallest absolute Gasteiger partial charge is 0.407 e. The van der Waals surface area contributed by atoms with Crippen molar-refractivity contribution in [3.8, 4) is 11.3 Å². The molecule has 2 aliphatic rings. The van der Waals surface area contributed by atoms with Crippen molar-refractivity contribution in [2.75, 3.05) is 32.4 Å². The van der Waals surface area contributed by atoms with Crippen LogP contribution in [0.15, 0.2) is 96.2 Å². The Morgan fingerprint density at radius 2 is 1.56 bits per heavy atom. The van der Waals surface area contributed by atoms with Gasteiger partial charge in [-0.2, -0.15) is 0 Å². The van der Waals surface area contributed by atoms with Crippen LogP contribution in [-0.2, 0) is 27.6 Å². The van der Waals surface area contributed by atoms with Gasteiger partial charge < -0.3 is 24.4 Å². The van der Waals surface area contributed by atoms with Crippen molar-refractivity contribution in [1.82, 2.24) is 24.3 Å². The fraction of sp³-hybridized carbons (Fsp3) is 0.333. The molecule has 0 radical (unpaired) electrons. The van der Waals surface area contributed by atoms with Gasteiger partial charge in [0.25, 0.3) is 5.91 Å². The van der Waals surface area contributed by atoms with Gasteiger partial charge in [0.15, 0.2) is 15.5 Å². The van der Waals surface area contributed by atoms with Crippen molar-refractivity contribution in [2.24, 2.45) is 0 Å². The third-order valence-corrected chi connectivity index (χ3v) is 10.3. The monoisotopic (exact) mass is 669 g/mol. The van der Waals surface area contributed by atoms with E-state index >= 15 is 0 Å². The highest BCUT2D eigenvalue weighted by molar-refractivity contribution is 7.90. The summed E-state index contributed by atoms with van der Waals surface area (Å²) in [6.07, 6.45) is 4.39. The standard InChI is InChI=1S/C36H39N5O6S/c1-48(46,47)30-17-15-27(16-18-30)23-38-19-9-8-14-31(34(38)42)41-25-37-32(33(41)28-12-6-3-7-13-28)35(43)40-21-20-39(36(44)45)24-29(40)22-26-10-4-2-5-11-26/h2-7,10-13,15-18,25,29,31H,8-9,14,19-24H2,1H3,(H,44,45)/t29-,31?/m1/s1. The molecule has 2 saturated heterocycles. The molecule has 0 aliphatic carbocycles. The van der Waals surface area contributed by atoms with Gasteiger partial charge in [0.05, 0.1) is 23.0 Å². The first kappa shape index (κ1) is 33.0. The molecule has 1 N–H and O–H groups in total. The fourth-order valence-corrected chi connectivity index (χ4v) is 7.32. The Kier molecular flexibility index (Phi) is 9.63. The predicted molar refractivity (Wildman–Crippen MR) is 180 cm³/mol. The number of imidazole rings is 1. The molecule has 6 rings (SSSR count). The average Bonchev–Trinajstić information content (AvgIpc) is 3.44. The number of hydrogen-bond donors (Lipinski definition) is 1. The summed E-state index contributed by atoms with van der Waals surface area (Å²) in [5.41, 5.74) is 3.35. The summed E-state index contributed by atoms with van der Waals surface area (Å²) in [6.45, 7) is 1.47. The lowest BCUT2D eigenvalue weighted by Crippen LogP contribution is -2.57. The Labute approximate surface area is 280 Å². The van der Waals surface area contributed by atoms with Crippen LogP contribution in [0.5, 0.6) is 0 Å². The molecule has 2 fully saturated rings. The van der Waals surface area contributed by atoms with Crippen LogP contribution in [0.3, 0.4) is 0 Å². The van der Waals surface area contributed by atoms with Gasteiger partial charge in [0.1, 0.15) is 6.04 Å². The molecule has 0 saturated carbocycles. The molecule has 12 heteroatoms. The minimum atomic E-state index is -3.33. The second kappa shape index (κ2) is 14.0. The molecule has 1 aromatic heterocycles. The maximum absolute atomic E-state index is 14.5. The van der Waals surface area contributed by atoms with E-state index in [2.05, 4.69) is 4.98 Å². The third-order valence-electron chi connectivity index (χ3n) is 9.18. The Balaban J connectivity index is 1.33. The number of likely N-dealkylation sites (tertiary alicyclic amines) is 1. The van der Waals surface area contributed by atoms with Crippen molar-refractivity contribution in [2.45, 2.75) is 49.2 Å². The Morgan fingerprint density at radius 3 is 2.23 bits per heavy atom. The van der Waals surface area contributed by atoms with Gasteiger partial charge in [-0.15, -0.1) is 0 Å². The molecule has 11 nitrogen and oxygen atoms in total. The number of sulfone groups is 1. The summed E-state index contributed by atoms with van der Waals surface area (Å²) in [6, 6.07) is 24.8. The van der Waals surface area contributed by atoms with Crippen LogP contribution >= 0.6 is 0 Å². The predicted octanol–water partition coefficient (Wildman–Crippen LogP) is 4.75. The van der Waals surface area contributed by atoms with Crippen LogP contribution in [0.25, 0.3) is 11.3 Å². The van der Waals surface area contributed by atoms with E-state index in [9.17, 15) is 27.9 Å². The molecule has 0 bridgehead atoms. The number of carbonyl (C=O) groups is 3. The van der Waals surface area contributed by atoms with E-state index in [-0.39, 0.29) is 42.0 Å². The molecule has 3 aromatic carbocycles. The van der Waals surface area contributed by atoms with Gasteiger partial charge in [-0.3, -0.25) is 9.59 Å². The number of rotatable bonds is 8. The molecule has 2 atom stereocenters. The number of hydrogen-bond acceptors (Lipinski definition) is 6. The molecular formula is C36H39N5O6S. The maximum atomic E-state index is 14.5. The normalized spacial score (nSPS) is 18.9. The van der Waals surface area contributed by atoms with Crippen molar-refractivity contribution in [3.63, 3.8) is 0 Å². The number of amides is 3. The third kappa shape index (κ3) is 7.13. The van der Waals surface area contributed by atoms with Crippen LogP contribution in [0, 0.1) is 0 Å². The first-order valence-corrected chi connectivity index (χ1v) is 18.0. The number of benzene rings is 3. The number of carboxylic acid groups (broad SMARTS) is 1. The largest absolute Gasteiger partial charge is 0.465 e. The Hall–Kier alpha value is -4.97. The van der Waals surface area contributed by atoms with Gasteiger partial charge in [0, 0.05) is 44.5 Å². The maximum Gasteiger partial charge on any atom is 0.407 e. The molecule has 250 valence electrons. The molecule has 3 heterocycles. The van der Waals surface area contributed by atoms with Crippen LogP contribution in [0.1, 0.15) is 46.9 Å². The highest BCUT2D eigenvalue weighted by Crippen LogP contribution is 2.33. The number of aromatic nitrogens is 2. The number of piperazine rings is 1. The molecule has 3 amide bonds. The van der Waals surface area contributed by atoms with E-state index in [0.29, 0.717) is 31.6 Å². The van der Waals surface area contributed by atoms with Crippen LogP contribution in [0.2, 0.25) is 0 Å². The highest BCUT2D eigenvalue weighted by atomic mass is 32.2. The van der Waals surface area contributed by atoms with Crippen LogP contribution in [-0.4, -0.2) is 94.2 Å². The van der Waals surface area contributed by atoms with Crippen molar-refractivity contribution in [3.05, 3.63) is 108 Å². The lowest BCUT2D eigenvalue weighted by atomic mass is 10.0. The summed E-state index contributed by atoms with van der Waals surface area (Å²) in [5.74, 6) is -0.396. The van der Waals surface area contributed by atoms with E-state index in [1.807, 2.05) is 65.2 Å². The summed E-state index contributed by atoms with van der Waals surface area (Å²) < 4.78 is 25.7. The van der Waals surface area contributed by atoms with Crippen molar-refractivity contribution >= 4 is 27.7 Å². The summed E-state index contributed by atoms with van der Waals surface area (Å²) >= 11 is 0. The highest BCUT2D eigenvalue weighted by Gasteiger charge is 2.37. The zero-order valence-electron chi connectivity index (χ0n) is 26.8. The molecule has 4 aromatic rings. The van der Waals surface area contributed by atoms with E-state index in [0.717, 1.165) is 29.5 Å². The summed E-state index contributed by atoms with van der Waals surface area (Å²) in [7, 11) is -3.33. The molecule has 2 aliphatic heterocycles. The Bertz CT molecular complexity index is 1880. The van der Waals surface area contributed by atoms with E-state index in [1.54, 1.807) is 40.4 Å². The number of nitrogens with zero attached hydrogens (tertiary/aromatic N) is 5. The zero-order chi connectivity index (χ0) is 33.8. The lowest BCUT2D eigenvalue weighted by Gasteiger charge is -2.40. The van der Waals surface area contributed by atoms with Gasteiger partial charge >= 0.3 is 6.09 Å². The minimum absolute atomic E-state index is 0.0923. The van der Waals surface area contributed by atoms with E-state index in [4.69, 9.17) is 0 Å². The minimum Gasteiger partial charge on any atom is -0.465 e. The molecule has 0 spiro atoms. The lowest BCUT2D eigenvalue weighted by molar-refractivity contribution is -0.134. The first-order valence-electron chi connectivity index (χ1n) is 16.1. The van der Waals surface area contributed by atoms with Gasteiger partial charge in [-0.05, 0) is 48.9 Å². The topological polar surface area (TPSA) is 133 Å². The SMILES string of the molecule is CS(=O)(=O)c1ccc(CN2CCCCC(n3cnc(C(=O)N4CCN(C(=O)O)C[C@H]4Cc4ccccc4)c3-c3ccccc3)C2=O)cc1. The summed E-state index contributed by atoms with van der Waals surface area (Å²) in [4.78, 5) is 50.4. The van der Waals surface area contributed by atoms with Gasteiger partial charge in [-0.1, -0.05) is 72.8 Å². The second-order valence-electron chi connectivity index (χ2n) is 12.5. The van der Waals surface area contributed by atoms with Gasteiger partial charge in [0.2, 0.25) is 5.91 Å². The van der Waals surface area contributed by atoms with Crippen molar-refractivity contribution in [1.29, 1.82) is 0 Å². The Morgan fingerprint density at radius 1 is 0.875 bits per heavy atom. The summed E-state index contributed by atoms with van der Waals surface area (Å²) in [5, 5.41) is 9.76.